The number of nitrogen functional groups attached to an aromatic ring is 1. The van der Waals surface area contributed by atoms with Gasteiger partial charge in [-0.1, -0.05) is 19.1 Å². The zero-order valence-electron chi connectivity index (χ0n) is 10.6. The molecular formula is C15H15FN2O. The number of hydrogen-bond donors (Lipinski definition) is 2. The molecule has 0 saturated heterocycles. The lowest BCUT2D eigenvalue weighted by Gasteiger charge is -2.10. The van der Waals surface area contributed by atoms with Crippen LogP contribution < -0.4 is 11.1 Å². The van der Waals surface area contributed by atoms with Crippen molar-refractivity contribution in [3.8, 4) is 0 Å². The van der Waals surface area contributed by atoms with E-state index in [4.69, 9.17) is 5.73 Å². The van der Waals surface area contributed by atoms with E-state index in [2.05, 4.69) is 5.32 Å². The van der Waals surface area contributed by atoms with Crippen LogP contribution in [0, 0.1) is 5.82 Å². The number of benzene rings is 2. The molecule has 0 atom stereocenters. The molecule has 0 spiro atoms. The average Bonchev–Trinajstić information content (AvgIpc) is 2.42. The molecule has 0 amide bonds. The third kappa shape index (κ3) is 3.10. The van der Waals surface area contributed by atoms with E-state index >= 15 is 0 Å². The molecule has 0 bridgehead atoms. The molecule has 0 fully saturated rings. The number of anilines is 3. The van der Waals surface area contributed by atoms with E-state index in [1.54, 1.807) is 24.3 Å². The van der Waals surface area contributed by atoms with Crippen molar-refractivity contribution >= 4 is 22.8 Å². The summed E-state index contributed by atoms with van der Waals surface area (Å²) in [6.45, 7) is 1.81. The highest BCUT2D eigenvalue weighted by atomic mass is 19.1. The molecule has 98 valence electrons. The molecule has 4 heteroatoms. The molecule has 0 aliphatic rings. The number of nitrogens with one attached hydrogen (secondary N) is 1. The average molecular weight is 258 g/mol. The number of rotatable bonds is 4. The first kappa shape index (κ1) is 13.1. The Bertz CT molecular complexity index is 611. The highest BCUT2D eigenvalue weighted by Crippen LogP contribution is 2.24. The number of ketones is 1. The van der Waals surface area contributed by atoms with E-state index < -0.39 is 0 Å². The molecule has 0 aromatic heterocycles. The van der Waals surface area contributed by atoms with E-state index in [1.807, 2.05) is 6.92 Å². The van der Waals surface area contributed by atoms with Crippen LogP contribution in [0.5, 0.6) is 0 Å². The second-order valence-corrected chi connectivity index (χ2v) is 4.21. The normalized spacial score (nSPS) is 10.2. The fourth-order valence-electron chi connectivity index (χ4n) is 1.77. The molecule has 3 N–H and O–H groups in total. The second-order valence-electron chi connectivity index (χ2n) is 4.21. The maximum atomic E-state index is 13.2. The topological polar surface area (TPSA) is 55.1 Å². The Morgan fingerprint density at radius 3 is 2.79 bits per heavy atom. The molecule has 2 aromatic carbocycles. The Morgan fingerprint density at radius 2 is 2.05 bits per heavy atom. The number of carbonyl (C=O) groups excluding carboxylic acids is 1. The van der Waals surface area contributed by atoms with Crippen molar-refractivity contribution in [3.63, 3.8) is 0 Å². The Hall–Kier alpha value is -2.36. The minimum absolute atomic E-state index is 0.0656. The lowest BCUT2D eigenvalue weighted by atomic mass is 10.1. The fourth-order valence-corrected chi connectivity index (χ4v) is 1.77. The van der Waals surface area contributed by atoms with Crippen LogP contribution in [-0.4, -0.2) is 5.78 Å². The van der Waals surface area contributed by atoms with Crippen molar-refractivity contribution in [2.45, 2.75) is 13.3 Å². The minimum Gasteiger partial charge on any atom is -0.397 e. The molecule has 19 heavy (non-hydrogen) atoms. The maximum absolute atomic E-state index is 13.2. The first-order valence-electron chi connectivity index (χ1n) is 6.05. The fraction of sp³-hybridized carbons (Fsp3) is 0.133. The van der Waals surface area contributed by atoms with Gasteiger partial charge in [-0.15, -0.1) is 0 Å². The van der Waals surface area contributed by atoms with E-state index in [0.29, 0.717) is 29.0 Å². The summed E-state index contributed by atoms with van der Waals surface area (Å²) in [7, 11) is 0. The van der Waals surface area contributed by atoms with Crippen molar-refractivity contribution in [1.82, 2.24) is 0 Å². The predicted molar refractivity (Wildman–Crippen MR) is 75.2 cm³/mol. The number of nitrogens with two attached hydrogens (primary N) is 1. The first-order valence-corrected chi connectivity index (χ1v) is 6.05. The van der Waals surface area contributed by atoms with Crippen LogP contribution >= 0.6 is 0 Å². The van der Waals surface area contributed by atoms with E-state index in [0.717, 1.165) is 0 Å². The molecule has 0 saturated carbocycles. The van der Waals surface area contributed by atoms with Gasteiger partial charge in [0.25, 0.3) is 0 Å². The molecule has 2 aromatic rings. The van der Waals surface area contributed by atoms with Crippen LogP contribution in [-0.2, 0) is 0 Å². The van der Waals surface area contributed by atoms with Gasteiger partial charge in [0.1, 0.15) is 5.82 Å². The van der Waals surface area contributed by atoms with Crippen LogP contribution in [0.3, 0.4) is 0 Å². The Balaban J connectivity index is 2.28. The summed E-state index contributed by atoms with van der Waals surface area (Å²) < 4.78 is 13.2. The number of carbonyl (C=O) groups is 1. The summed E-state index contributed by atoms with van der Waals surface area (Å²) in [6.07, 6.45) is 0.450. The predicted octanol–water partition coefficient (Wildman–Crippen LogP) is 3.74. The molecule has 0 unspecified atom stereocenters. The second kappa shape index (κ2) is 5.52. The number of hydrogen-bond acceptors (Lipinski definition) is 3. The zero-order chi connectivity index (χ0) is 13.8. The minimum atomic E-state index is -0.363. The molecule has 2 rings (SSSR count). The van der Waals surface area contributed by atoms with E-state index in [1.165, 1.54) is 18.2 Å². The molecule has 0 aliphatic carbocycles. The lowest BCUT2D eigenvalue weighted by Crippen LogP contribution is -2.00. The number of halogens is 1. The van der Waals surface area contributed by atoms with Crippen LogP contribution in [0.2, 0.25) is 0 Å². The van der Waals surface area contributed by atoms with Gasteiger partial charge in [-0.2, -0.15) is 0 Å². The summed E-state index contributed by atoms with van der Waals surface area (Å²) in [5, 5.41) is 3.02. The summed E-state index contributed by atoms with van der Waals surface area (Å²) >= 11 is 0. The summed E-state index contributed by atoms with van der Waals surface area (Å²) in [5.41, 5.74) is 8.04. The van der Waals surface area contributed by atoms with Crippen molar-refractivity contribution in [3.05, 3.63) is 53.8 Å². The van der Waals surface area contributed by atoms with Crippen molar-refractivity contribution in [1.29, 1.82) is 0 Å². The SMILES string of the molecule is CCC(=O)c1cccc(Nc2cc(F)ccc2N)c1. The molecule has 0 heterocycles. The van der Waals surface area contributed by atoms with Crippen molar-refractivity contribution in [2.24, 2.45) is 0 Å². The van der Waals surface area contributed by atoms with Gasteiger partial charge < -0.3 is 11.1 Å². The standard InChI is InChI=1S/C15H15FN2O/c1-2-15(19)10-4-3-5-12(8-10)18-14-9-11(16)6-7-13(14)17/h3-9,18H,2,17H2,1H3. The maximum Gasteiger partial charge on any atom is 0.162 e. The van der Waals surface area contributed by atoms with Crippen LogP contribution in [0.4, 0.5) is 21.5 Å². The zero-order valence-corrected chi connectivity index (χ0v) is 10.6. The van der Waals surface area contributed by atoms with Crippen LogP contribution in [0.15, 0.2) is 42.5 Å². The van der Waals surface area contributed by atoms with Gasteiger partial charge in [-0.25, -0.2) is 4.39 Å². The van der Waals surface area contributed by atoms with Gasteiger partial charge >= 0.3 is 0 Å². The van der Waals surface area contributed by atoms with Gasteiger partial charge in [0.15, 0.2) is 5.78 Å². The smallest absolute Gasteiger partial charge is 0.162 e. The Kier molecular flexibility index (Phi) is 3.80. The Labute approximate surface area is 111 Å². The van der Waals surface area contributed by atoms with Gasteiger partial charge in [-0.05, 0) is 30.3 Å². The summed E-state index contributed by atoms with van der Waals surface area (Å²) in [6, 6.07) is 11.2. The van der Waals surface area contributed by atoms with Crippen LogP contribution in [0.1, 0.15) is 23.7 Å². The summed E-state index contributed by atoms with van der Waals surface area (Å²) in [5.74, 6) is -0.298. The van der Waals surface area contributed by atoms with Crippen molar-refractivity contribution in [2.75, 3.05) is 11.1 Å². The van der Waals surface area contributed by atoms with Crippen LogP contribution in [0.25, 0.3) is 0 Å². The van der Waals surface area contributed by atoms with Gasteiger partial charge in [0.05, 0.1) is 11.4 Å². The highest BCUT2D eigenvalue weighted by Gasteiger charge is 2.05. The van der Waals surface area contributed by atoms with Gasteiger partial charge in [0, 0.05) is 17.7 Å². The van der Waals surface area contributed by atoms with E-state index in [-0.39, 0.29) is 11.6 Å². The van der Waals surface area contributed by atoms with Crippen molar-refractivity contribution < 1.29 is 9.18 Å². The third-order valence-corrected chi connectivity index (χ3v) is 2.80. The van der Waals surface area contributed by atoms with Gasteiger partial charge in [0.2, 0.25) is 0 Å². The number of Topliss-reactive ketones (excluding diaryl/α,β-unsaturated/α-hetero) is 1. The molecule has 3 nitrogen and oxygen atoms in total. The Morgan fingerprint density at radius 1 is 1.26 bits per heavy atom. The van der Waals surface area contributed by atoms with E-state index in [9.17, 15) is 9.18 Å². The highest BCUT2D eigenvalue weighted by molar-refractivity contribution is 5.96. The van der Waals surface area contributed by atoms with Gasteiger partial charge in [-0.3, -0.25) is 4.79 Å². The summed E-state index contributed by atoms with van der Waals surface area (Å²) in [4.78, 5) is 11.6. The first-order chi connectivity index (χ1) is 9.10. The third-order valence-electron chi connectivity index (χ3n) is 2.80. The quantitative estimate of drug-likeness (QED) is 0.648. The monoisotopic (exact) mass is 258 g/mol. The largest absolute Gasteiger partial charge is 0.397 e. The molecule has 0 radical (unpaired) electrons. The molecular weight excluding hydrogens is 243 g/mol. The molecule has 0 aliphatic heterocycles. The lowest BCUT2D eigenvalue weighted by molar-refractivity contribution is 0.0988.